The summed E-state index contributed by atoms with van der Waals surface area (Å²) < 4.78 is 15.3. The molecule has 10 nitrogen and oxygen atoms in total. The van der Waals surface area contributed by atoms with Crippen molar-refractivity contribution in [2.75, 3.05) is 19.0 Å². The number of hydrogen-bond acceptors (Lipinski definition) is 8. The Morgan fingerprint density at radius 3 is 2.60 bits per heavy atom. The molecule has 0 aliphatic carbocycles. The Balaban J connectivity index is 1.68. The van der Waals surface area contributed by atoms with Gasteiger partial charge in [-0.1, -0.05) is 35.5 Å². The highest BCUT2D eigenvalue weighted by molar-refractivity contribution is 5.99. The highest BCUT2D eigenvalue weighted by Crippen LogP contribution is 2.29. The summed E-state index contributed by atoms with van der Waals surface area (Å²) in [6.45, 7) is 0.982. The van der Waals surface area contributed by atoms with E-state index < -0.39 is 23.4 Å². The van der Waals surface area contributed by atoms with Gasteiger partial charge in [0.05, 0.1) is 23.8 Å². The number of benzene rings is 2. The normalized spacial score (nSPS) is 10.3. The van der Waals surface area contributed by atoms with E-state index in [4.69, 9.17) is 14.0 Å². The first-order valence-electron chi connectivity index (χ1n) is 8.71. The fourth-order valence-electron chi connectivity index (χ4n) is 2.69. The average Bonchev–Trinajstić information content (AvgIpc) is 3.14. The summed E-state index contributed by atoms with van der Waals surface area (Å²) in [5.74, 6) is -1.05. The van der Waals surface area contributed by atoms with E-state index in [9.17, 15) is 19.7 Å². The van der Waals surface area contributed by atoms with E-state index in [0.717, 1.165) is 0 Å². The fraction of sp³-hybridized carbons (Fsp3) is 0.150. The van der Waals surface area contributed by atoms with Crippen LogP contribution in [0.15, 0.2) is 53.1 Å². The number of esters is 1. The Hall–Kier alpha value is -4.21. The fourth-order valence-corrected chi connectivity index (χ4v) is 2.69. The van der Waals surface area contributed by atoms with Gasteiger partial charge >= 0.3 is 5.97 Å². The number of anilines is 1. The summed E-state index contributed by atoms with van der Waals surface area (Å²) in [5.41, 5.74) is 1.13. The minimum absolute atomic E-state index is 0.102. The van der Waals surface area contributed by atoms with E-state index >= 15 is 0 Å². The standard InChI is InChI=1S/C20H17N3O7/c1-12-18(19(22-30-12)13-6-4-3-5-7-13)20(25)29-11-17(24)21-15-9-8-14(23(26)27)10-16(15)28-2/h3-10H,11H2,1-2H3,(H,21,24). The van der Waals surface area contributed by atoms with Crippen LogP contribution in [0, 0.1) is 17.0 Å². The highest BCUT2D eigenvalue weighted by atomic mass is 16.6. The Morgan fingerprint density at radius 1 is 1.20 bits per heavy atom. The monoisotopic (exact) mass is 411 g/mol. The average molecular weight is 411 g/mol. The molecule has 0 aliphatic rings. The molecule has 10 heteroatoms. The van der Waals surface area contributed by atoms with Gasteiger partial charge in [-0.05, 0) is 13.0 Å². The molecule has 30 heavy (non-hydrogen) atoms. The second-order valence-corrected chi connectivity index (χ2v) is 6.09. The second-order valence-electron chi connectivity index (χ2n) is 6.09. The van der Waals surface area contributed by atoms with Crippen LogP contribution in [-0.4, -0.2) is 35.7 Å². The van der Waals surface area contributed by atoms with Crippen LogP contribution >= 0.6 is 0 Å². The number of carbonyl (C=O) groups excluding carboxylic acids is 2. The van der Waals surface area contributed by atoms with Gasteiger partial charge in [0.1, 0.15) is 22.8 Å². The zero-order valence-electron chi connectivity index (χ0n) is 16.1. The van der Waals surface area contributed by atoms with Gasteiger partial charge in [0, 0.05) is 11.6 Å². The molecule has 0 atom stereocenters. The molecule has 3 rings (SSSR count). The zero-order valence-corrected chi connectivity index (χ0v) is 16.1. The number of methoxy groups -OCH3 is 1. The van der Waals surface area contributed by atoms with E-state index in [2.05, 4.69) is 10.5 Å². The van der Waals surface area contributed by atoms with Crippen molar-refractivity contribution in [3.63, 3.8) is 0 Å². The van der Waals surface area contributed by atoms with Crippen molar-refractivity contribution in [3.8, 4) is 17.0 Å². The van der Waals surface area contributed by atoms with Gasteiger partial charge in [0.2, 0.25) is 0 Å². The van der Waals surface area contributed by atoms with E-state index in [1.807, 2.05) is 6.07 Å². The lowest BCUT2D eigenvalue weighted by atomic mass is 10.1. The minimum atomic E-state index is -0.765. The van der Waals surface area contributed by atoms with Crippen LogP contribution in [0.2, 0.25) is 0 Å². The maximum absolute atomic E-state index is 12.5. The van der Waals surface area contributed by atoms with Gasteiger partial charge in [-0.2, -0.15) is 0 Å². The Labute approximate surface area is 170 Å². The maximum Gasteiger partial charge on any atom is 0.344 e. The van der Waals surface area contributed by atoms with Gasteiger partial charge in [-0.25, -0.2) is 4.79 Å². The maximum atomic E-state index is 12.5. The van der Waals surface area contributed by atoms with E-state index in [0.29, 0.717) is 11.3 Å². The van der Waals surface area contributed by atoms with Crippen molar-refractivity contribution >= 4 is 23.3 Å². The van der Waals surface area contributed by atoms with E-state index in [1.165, 1.54) is 25.3 Å². The minimum Gasteiger partial charge on any atom is -0.494 e. The van der Waals surface area contributed by atoms with Crippen LogP contribution in [0.3, 0.4) is 0 Å². The zero-order chi connectivity index (χ0) is 21.7. The summed E-state index contributed by atoms with van der Waals surface area (Å²) in [6, 6.07) is 12.7. The summed E-state index contributed by atoms with van der Waals surface area (Å²) >= 11 is 0. The van der Waals surface area contributed by atoms with Crippen LogP contribution in [0.25, 0.3) is 11.3 Å². The van der Waals surface area contributed by atoms with Gasteiger partial charge in [0.25, 0.3) is 11.6 Å². The Morgan fingerprint density at radius 2 is 1.93 bits per heavy atom. The summed E-state index contributed by atoms with van der Waals surface area (Å²) in [4.78, 5) is 35.0. The van der Waals surface area contributed by atoms with Gasteiger partial charge in [-0.3, -0.25) is 14.9 Å². The van der Waals surface area contributed by atoms with E-state index in [1.54, 1.807) is 31.2 Å². The highest BCUT2D eigenvalue weighted by Gasteiger charge is 2.24. The molecule has 0 fully saturated rings. The van der Waals surface area contributed by atoms with Crippen molar-refractivity contribution in [3.05, 3.63) is 70.0 Å². The number of nitrogens with one attached hydrogen (secondary N) is 1. The van der Waals surface area contributed by atoms with Crippen molar-refractivity contribution in [1.82, 2.24) is 5.16 Å². The first-order valence-corrected chi connectivity index (χ1v) is 8.71. The molecule has 1 amide bonds. The number of aryl methyl sites for hydroxylation is 1. The summed E-state index contributed by atoms with van der Waals surface area (Å²) in [5, 5.41) is 17.2. The molecule has 0 aliphatic heterocycles. The summed E-state index contributed by atoms with van der Waals surface area (Å²) in [6.07, 6.45) is 0. The second kappa shape index (κ2) is 8.86. The predicted octanol–water partition coefficient (Wildman–Crippen LogP) is 3.36. The number of ether oxygens (including phenoxy) is 2. The molecule has 3 aromatic rings. The Bertz CT molecular complexity index is 1090. The van der Waals surface area contributed by atoms with Gasteiger partial charge in [-0.15, -0.1) is 0 Å². The molecular formula is C20H17N3O7. The van der Waals surface area contributed by atoms with Gasteiger partial charge < -0.3 is 19.3 Å². The number of rotatable bonds is 7. The first kappa shape index (κ1) is 20.5. The lowest BCUT2D eigenvalue weighted by Crippen LogP contribution is -2.21. The van der Waals surface area contributed by atoms with Crippen LogP contribution < -0.4 is 10.1 Å². The molecule has 0 radical (unpaired) electrons. The lowest BCUT2D eigenvalue weighted by molar-refractivity contribution is -0.384. The van der Waals surface area contributed by atoms with Gasteiger partial charge in [0.15, 0.2) is 6.61 Å². The molecule has 1 N–H and O–H groups in total. The predicted molar refractivity (Wildman–Crippen MR) is 105 cm³/mol. The summed E-state index contributed by atoms with van der Waals surface area (Å²) in [7, 11) is 1.31. The van der Waals surface area contributed by atoms with Crippen molar-refractivity contribution in [2.45, 2.75) is 6.92 Å². The third-order valence-corrected chi connectivity index (χ3v) is 4.12. The molecule has 0 saturated carbocycles. The SMILES string of the molecule is COc1cc([N+](=O)[O-])ccc1NC(=O)COC(=O)c1c(-c2ccccc2)noc1C. The van der Waals surface area contributed by atoms with Crippen molar-refractivity contribution in [2.24, 2.45) is 0 Å². The topological polar surface area (TPSA) is 134 Å². The number of hydrogen-bond donors (Lipinski definition) is 1. The van der Waals surface area contributed by atoms with Crippen LogP contribution in [-0.2, 0) is 9.53 Å². The van der Waals surface area contributed by atoms with Crippen molar-refractivity contribution < 1.29 is 28.5 Å². The number of non-ortho nitro benzene ring substituents is 1. The number of nitro benzene ring substituents is 1. The Kier molecular flexibility index (Phi) is 6.06. The molecule has 0 spiro atoms. The molecule has 0 saturated heterocycles. The largest absolute Gasteiger partial charge is 0.494 e. The number of amides is 1. The number of aromatic nitrogens is 1. The van der Waals surface area contributed by atoms with Crippen molar-refractivity contribution in [1.29, 1.82) is 0 Å². The quantitative estimate of drug-likeness (QED) is 0.355. The van der Waals surface area contributed by atoms with Crippen LogP contribution in [0.5, 0.6) is 5.75 Å². The molecule has 2 aromatic carbocycles. The number of nitro groups is 1. The first-order chi connectivity index (χ1) is 14.4. The number of carbonyl (C=O) groups is 2. The third kappa shape index (κ3) is 4.43. The van der Waals surface area contributed by atoms with Crippen LogP contribution in [0.1, 0.15) is 16.1 Å². The number of nitrogens with zero attached hydrogens (tertiary/aromatic N) is 2. The molecule has 1 heterocycles. The van der Waals surface area contributed by atoms with Crippen LogP contribution in [0.4, 0.5) is 11.4 Å². The molecule has 154 valence electrons. The third-order valence-electron chi connectivity index (χ3n) is 4.12. The smallest absolute Gasteiger partial charge is 0.344 e. The van der Waals surface area contributed by atoms with E-state index in [-0.39, 0.29) is 28.4 Å². The molecular weight excluding hydrogens is 394 g/mol. The molecule has 1 aromatic heterocycles. The molecule has 0 bridgehead atoms. The molecule has 0 unspecified atom stereocenters. The lowest BCUT2D eigenvalue weighted by Gasteiger charge is -2.10.